The molecule has 1 aliphatic rings. The molecule has 1 N–H and O–H groups in total. The number of hydrogen-bond donors (Lipinski definition) is 1. The Bertz CT molecular complexity index is 209. The molecule has 0 aromatic rings. The monoisotopic (exact) mass is 227 g/mol. The largest absolute Gasteiger partial charge is 0.379 e. The average Bonchev–Trinajstić information content (AvgIpc) is 2.97. The van der Waals surface area contributed by atoms with E-state index in [0.29, 0.717) is 11.5 Å². The minimum absolute atomic E-state index is 0.0252. The van der Waals surface area contributed by atoms with Crippen LogP contribution < -0.4 is 5.32 Å². The highest BCUT2D eigenvalue weighted by Gasteiger charge is 2.44. The maximum atomic E-state index is 5.50. The molecule has 16 heavy (non-hydrogen) atoms. The normalized spacial score (nSPS) is 20.8. The molecule has 96 valence electrons. The van der Waals surface area contributed by atoms with Crippen LogP contribution in [-0.4, -0.2) is 25.3 Å². The predicted molar refractivity (Wildman–Crippen MR) is 69.7 cm³/mol. The zero-order chi connectivity index (χ0) is 12.2. The van der Waals surface area contributed by atoms with Crippen molar-refractivity contribution in [2.75, 3.05) is 13.7 Å². The highest BCUT2D eigenvalue weighted by atomic mass is 16.5. The lowest BCUT2D eigenvalue weighted by molar-refractivity contribution is 0.00996. The van der Waals surface area contributed by atoms with Gasteiger partial charge in [0.2, 0.25) is 0 Å². The standard InChI is InChI=1S/C14H29NO/c1-6-11-15-12(14(4)9-10-14)7-8-13(2,3)16-5/h12,15H,6-11H2,1-5H3. The summed E-state index contributed by atoms with van der Waals surface area (Å²) in [5.41, 5.74) is 0.594. The van der Waals surface area contributed by atoms with Crippen LogP contribution in [0.5, 0.6) is 0 Å². The van der Waals surface area contributed by atoms with Crippen molar-refractivity contribution < 1.29 is 4.74 Å². The molecule has 0 radical (unpaired) electrons. The van der Waals surface area contributed by atoms with E-state index in [0.717, 1.165) is 13.0 Å². The van der Waals surface area contributed by atoms with Gasteiger partial charge in [0.05, 0.1) is 5.60 Å². The van der Waals surface area contributed by atoms with Crippen LogP contribution in [-0.2, 0) is 4.74 Å². The lowest BCUT2D eigenvalue weighted by Crippen LogP contribution is -2.38. The molecule has 0 spiro atoms. The molecular weight excluding hydrogens is 198 g/mol. The van der Waals surface area contributed by atoms with Crippen LogP contribution in [0.15, 0.2) is 0 Å². The second kappa shape index (κ2) is 5.50. The molecule has 2 heteroatoms. The number of ether oxygens (including phenoxy) is 1. The smallest absolute Gasteiger partial charge is 0.0623 e. The lowest BCUT2D eigenvalue weighted by atomic mass is 9.90. The summed E-state index contributed by atoms with van der Waals surface area (Å²) in [4.78, 5) is 0. The van der Waals surface area contributed by atoms with Crippen molar-refractivity contribution in [3.05, 3.63) is 0 Å². The Morgan fingerprint density at radius 1 is 1.38 bits per heavy atom. The maximum absolute atomic E-state index is 5.50. The van der Waals surface area contributed by atoms with Crippen molar-refractivity contribution >= 4 is 0 Å². The first-order valence-electron chi connectivity index (χ1n) is 6.72. The second-order valence-electron chi connectivity index (χ2n) is 6.16. The topological polar surface area (TPSA) is 21.3 Å². The molecule has 0 aromatic carbocycles. The highest BCUT2D eigenvalue weighted by Crippen LogP contribution is 2.49. The van der Waals surface area contributed by atoms with Crippen molar-refractivity contribution in [2.45, 2.75) is 71.4 Å². The van der Waals surface area contributed by atoms with Gasteiger partial charge in [-0.2, -0.15) is 0 Å². The van der Waals surface area contributed by atoms with Gasteiger partial charge in [0.15, 0.2) is 0 Å². The Balaban J connectivity index is 2.39. The molecule has 1 aliphatic carbocycles. The SMILES string of the molecule is CCCNC(CCC(C)(C)OC)C1(C)CC1. The summed E-state index contributed by atoms with van der Waals surface area (Å²) >= 11 is 0. The zero-order valence-corrected chi connectivity index (χ0v) is 11.7. The van der Waals surface area contributed by atoms with Crippen molar-refractivity contribution in [1.29, 1.82) is 0 Å². The first kappa shape index (κ1) is 14.0. The van der Waals surface area contributed by atoms with Gasteiger partial charge < -0.3 is 10.1 Å². The quantitative estimate of drug-likeness (QED) is 0.686. The number of rotatable bonds is 8. The van der Waals surface area contributed by atoms with Gasteiger partial charge >= 0.3 is 0 Å². The van der Waals surface area contributed by atoms with E-state index in [1.165, 1.54) is 25.7 Å². The Hall–Kier alpha value is -0.0800. The van der Waals surface area contributed by atoms with Crippen LogP contribution in [0, 0.1) is 5.41 Å². The molecule has 1 unspecified atom stereocenters. The van der Waals surface area contributed by atoms with Crippen LogP contribution >= 0.6 is 0 Å². The van der Waals surface area contributed by atoms with Gasteiger partial charge in [0, 0.05) is 13.2 Å². The minimum Gasteiger partial charge on any atom is -0.379 e. The van der Waals surface area contributed by atoms with E-state index in [1.54, 1.807) is 0 Å². The Morgan fingerprint density at radius 3 is 2.44 bits per heavy atom. The van der Waals surface area contributed by atoms with Crippen LogP contribution in [0.3, 0.4) is 0 Å². The summed E-state index contributed by atoms with van der Waals surface area (Å²) in [7, 11) is 1.81. The molecule has 0 aromatic heterocycles. The Morgan fingerprint density at radius 2 is 2.00 bits per heavy atom. The zero-order valence-electron chi connectivity index (χ0n) is 11.7. The van der Waals surface area contributed by atoms with E-state index in [9.17, 15) is 0 Å². The van der Waals surface area contributed by atoms with Gasteiger partial charge in [-0.25, -0.2) is 0 Å². The summed E-state index contributed by atoms with van der Waals surface area (Å²) < 4.78 is 5.50. The number of hydrogen-bond acceptors (Lipinski definition) is 2. The lowest BCUT2D eigenvalue weighted by Gasteiger charge is -2.30. The van der Waals surface area contributed by atoms with Gasteiger partial charge in [0.25, 0.3) is 0 Å². The first-order valence-corrected chi connectivity index (χ1v) is 6.72. The molecule has 0 saturated heterocycles. The highest BCUT2D eigenvalue weighted by molar-refractivity contribution is 4.99. The van der Waals surface area contributed by atoms with Gasteiger partial charge in [-0.15, -0.1) is 0 Å². The molecule has 1 saturated carbocycles. The molecule has 0 heterocycles. The maximum Gasteiger partial charge on any atom is 0.0623 e. The van der Waals surface area contributed by atoms with E-state index in [1.807, 2.05) is 7.11 Å². The molecule has 0 aliphatic heterocycles. The summed E-state index contributed by atoms with van der Waals surface area (Å²) in [6, 6.07) is 0.682. The van der Waals surface area contributed by atoms with Gasteiger partial charge in [-0.3, -0.25) is 0 Å². The fourth-order valence-corrected chi connectivity index (χ4v) is 2.16. The van der Waals surface area contributed by atoms with Crippen molar-refractivity contribution in [3.63, 3.8) is 0 Å². The summed E-state index contributed by atoms with van der Waals surface area (Å²) in [5.74, 6) is 0. The first-order chi connectivity index (χ1) is 7.43. The fourth-order valence-electron chi connectivity index (χ4n) is 2.16. The Labute approximate surface area is 101 Å². The molecule has 1 atom stereocenters. The van der Waals surface area contributed by atoms with Crippen molar-refractivity contribution in [3.8, 4) is 0 Å². The minimum atomic E-state index is 0.0252. The van der Waals surface area contributed by atoms with E-state index < -0.39 is 0 Å². The van der Waals surface area contributed by atoms with E-state index in [-0.39, 0.29) is 5.60 Å². The van der Waals surface area contributed by atoms with E-state index in [2.05, 4.69) is 33.0 Å². The number of methoxy groups -OCH3 is 1. The second-order valence-corrected chi connectivity index (χ2v) is 6.16. The van der Waals surface area contributed by atoms with Crippen molar-refractivity contribution in [2.24, 2.45) is 5.41 Å². The van der Waals surface area contributed by atoms with Crippen molar-refractivity contribution in [1.82, 2.24) is 5.32 Å². The third-order valence-corrected chi connectivity index (χ3v) is 4.11. The summed E-state index contributed by atoms with van der Waals surface area (Å²) in [6.07, 6.45) is 6.38. The van der Waals surface area contributed by atoms with Gasteiger partial charge in [-0.1, -0.05) is 13.8 Å². The van der Waals surface area contributed by atoms with E-state index in [4.69, 9.17) is 4.74 Å². The van der Waals surface area contributed by atoms with Crippen LogP contribution in [0.25, 0.3) is 0 Å². The van der Waals surface area contributed by atoms with Crippen LogP contribution in [0.4, 0.5) is 0 Å². The molecule has 1 fully saturated rings. The van der Waals surface area contributed by atoms with Crippen LogP contribution in [0.1, 0.15) is 59.8 Å². The number of nitrogens with one attached hydrogen (secondary N) is 1. The van der Waals surface area contributed by atoms with Crippen LogP contribution in [0.2, 0.25) is 0 Å². The molecule has 2 nitrogen and oxygen atoms in total. The fraction of sp³-hybridized carbons (Fsp3) is 1.00. The van der Waals surface area contributed by atoms with Gasteiger partial charge in [0.1, 0.15) is 0 Å². The average molecular weight is 227 g/mol. The molecular formula is C14H29NO. The van der Waals surface area contributed by atoms with E-state index >= 15 is 0 Å². The third kappa shape index (κ3) is 4.06. The molecule has 0 amide bonds. The molecule has 1 rings (SSSR count). The Kier molecular flexibility index (Phi) is 4.81. The predicted octanol–water partition coefficient (Wildman–Crippen LogP) is 3.36. The summed E-state index contributed by atoms with van der Waals surface area (Å²) in [5, 5.41) is 3.71. The third-order valence-electron chi connectivity index (χ3n) is 4.11. The summed E-state index contributed by atoms with van der Waals surface area (Å²) in [6.45, 7) is 10.2. The molecule has 0 bridgehead atoms. The van der Waals surface area contributed by atoms with Gasteiger partial charge in [-0.05, 0) is 57.9 Å².